The third kappa shape index (κ3) is 2.27. The van der Waals surface area contributed by atoms with Crippen molar-refractivity contribution in [2.24, 2.45) is 0 Å². The molecule has 102 valence electrons. The minimum Gasteiger partial charge on any atom is -0.456 e. The second kappa shape index (κ2) is 4.87. The lowest BCUT2D eigenvalue weighted by Gasteiger charge is -2.13. The van der Waals surface area contributed by atoms with Gasteiger partial charge in [0.05, 0.1) is 5.69 Å². The molecule has 2 nitrogen and oxygen atoms in total. The topological polar surface area (TPSA) is 16.4 Å². The Balaban J connectivity index is 2.13. The average molecular weight is 287 g/mol. The van der Waals surface area contributed by atoms with Crippen molar-refractivity contribution in [3.05, 3.63) is 53.8 Å². The number of hydrogen-bond acceptors (Lipinski definition) is 3. The van der Waals surface area contributed by atoms with E-state index in [4.69, 9.17) is 4.42 Å². The van der Waals surface area contributed by atoms with Crippen LogP contribution in [0.4, 0.5) is 10.1 Å². The highest BCUT2D eigenvalue weighted by Crippen LogP contribution is 2.32. The van der Waals surface area contributed by atoms with Crippen LogP contribution in [-0.4, -0.2) is 7.05 Å². The van der Waals surface area contributed by atoms with Crippen LogP contribution >= 0.6 is 12.8 Å². The molecule has 0 spiro atoms. The molecule has 2 aromatic carbocycles. The molecule has 0 fully saturated rings. The predicted molar refractivity (Wildman–Crippen MR) is 83.7 cm³/mol. The van der Waals surface area contributed by atoms with Crippen LogP contribution in [0.1, 0.15) is 5.56 Å². The normalized spacial score (nSPS) is 11.0. The number of thiol groups is 1. The zero-order chi connectivity index (χ0) is 14.3. The Bertz CT molecular complexity index is 762. The summed E-state index contributed by atoms with van der Waals surface area (Å²) in [6, 6.07) is 12.3. The van der Waals surface area contributed by atoms with E-state index >= 15 is 0 Å². The molecule has 20 heavy (non-hydrogen) atoms. The van der Waals surface area contributed by atoms with Gasteiger partial charge in [-0.05, 0) is 48.9 Å². The molecule has 0 saturated heterocycles. The zero-order valence-electron chi connectivity index (χ0n) is 11.2. The summed E-state index contributed by atoms with van der Waals surface area (Å²) < 4.78 is 20.6. The van der Waals surface area contributed by atoms with Crippen molar-refractivity contribution in [1.82, 2.24) is 0 Å². The quantitative estimate of drug-likeness (QED) is 0.680. The lowest BCUT2D eigenvalue weighted by molar-refractivity contribution is 0.623. The maximum Gasteiger partial charge on any atom is 0.136 e. The fraction of sp³-hybridized carbons (Fsp3) is 0.125. The van der Waals surface area contributed by atoms with E-state index < -0.39 is 0 Å². The smallest absolute Gasteiger partial charge is 0.136 e. The summed E-state index contributed by atoms with van der Waals surface area (Å²) in [6.45, 7) is 2.03. The van der Waals surface area contributed by atoms with E-state index in [9.17, 15) is 4.39 Å². The average Bonchev–Trinajstić information content (AvgIpc) is 2.81. The van der Waals surface area contributed by atoms with Crippen molar-refractivity contribution in [2.75, 3.05) is 11.4 Å². The largest absolute Gasteiger partial charge is 0.456 e. The molecule has 3 aromatic rings. The van der Waals surface area contributed by atoms with Crippen molar-refractivity contribution in [3.63, 3.8) is 0 Å². The number of fused-ring (bicyclic) bond motifs is 1. The van der Waals surface area contributed by atoms with E-state index in [1.54, 1.807) is 16.4 Å². The lowest BCUT2D eigenvalue weighted by atomic mass is 10.1. The fourth-order valence-electron chi connectivity index (χ4n) is 2.30. The van der Waals surface area contributed by atoms with Crippen molar-refractivity contribution in [3.8, 4) is 11.3 Å². The number of anilines is 1. The molecule has 0 radical (unpaired) electrons. The number of furan rings is 1. The molecule has 4 heteroatoms. The molecule has 0 unspecified atom stereocenters. The minimum atomic E-state index is -0.250. The van der Waals surface area contributed by atoms with Gasteiger partial charge in [-0.2, -0.15) is 0 Å². The molecule has 3 rings (SSSR count). The number of rotatable bonds is 2. The van der Waals surface area contributed by atoms with Gasteiger partial charge in [0.1, 0.15) is 17.2 Å². The van der Waals surface area contributed by atoms with Crippen LogP contribution in [0.2, 0.25) is 0 Å². The summed E-state index contributed by atoms with van der Waals surface area (Å²) in [6.07, 6.45) is 0. The van der Waals surface area contributed by atoms with Gasteiger partial charge in [0.15, 0.2) is 0 Å². The van der Waals surface area contributed by atoms with Gasteiger partial charge in [0, 0.05) is 24.1 Å². The summed E-state index contributed by atoms with van der Waals surface area (Å²) >= 11 is 4.32. The van der Waals surface area contributed by atoms with Crippen LogP contribution in [0.5, 0.6) is 0 Å². The summed E-state index contributed by atoms with van der Waals surface area (Å²) in [5.74, 6) is 0.484. The minimum absolute atomic E-state index is 0.250. The van der Waals surface area contributed by atoms with Gasteiger partial charge in [-0.25, -0.2) is 4.39 Å². The molecule has 0 N–H and O–H groups in total. The van der Waals surface area contributed by atoms with Gasteiger partial charge < -0.3 is 8.72 Å². The van der Waals surface area contributed by atoms with Crippen molar-refractivity contribution < 1.29 is 8.81 Å². The van der Waals surface area contributed by atoms with Crippen LogP contribution in [0.3, 0.4) is 0 Å². The van der Waals surface area contributed by atoms with Crippen LogP contribution in [-0.2, 0) is 0 Å². The van der Waals surface area contributed by atoms with Crippen molar-refractivity contribution in [1.29, 1.82) is 0 Å². The monoisotopic (exact) mass is 287 g/mol. The number of nitrogens with zero attached hydrogens (tertiary/aromatic N) is 1. The first-order valence-electron chi connectivity index (χ1n) is 6.27. The third-order valence-corrected chi connectivity index (χ3v) is 3.53. The molecular formula is C16H14FNOS. The van der Waals surface area contributed by atoms with E-state index in [0.29, 0.717) is 0 Å². The van der Waals surface area contributed by atoms with Gasteiger partial charge in [-0.1, -0.05) is 12.8 Å². The highest BCUT2D eigenvalue weighted by atomic mass is 32.1. The first-order chi connectivity index (χ1) is 9.54. The molecule has 0 aliphatic rings. The zero-order valence-corrected chi connectivity index (χ0v) is 12.1. The van der Waals surface area contributed by atoms with E-state index in [1.807, 2.05) is 26.1 Å². The molecule has 0 aliphatic heterocycles. The second-order valence-electron chi connectivity index (χ2n) is 4.82. The number of halogens is 1. The molecule has 1 aromatic heterocycles. The number of benzene rings is 2. The Morgan fingerprint density at radius 2 is 1.80 bits per heavy atom. The Morgan fingerprint density at radius 3 is 2.45 bits per heavy atom. The SMILES string of the molecule is Cc1cc2cc(-c3ccc(F)cc3)oc2cc1N(C)S. The van der Waals surface area contributed by atoms with E-state index in [2.05, 4.69) is 18.9 Å². The van der Waals surface area contributed by atoms with Gasteiger partial charge in [0.2, 0.25) is 0 Å². The molecular weight excluding hydrogens is 273 g/mol. The van der Waals surface area contributed by atoms with Crippen LogP contribution in [0.15, 0.2) is 46.9 Å². The van der Waals surface area contributed by atoms with Crippen LogP contribution in [0.25, 0.3) is 22.3 Å². The Kier molecular flexibility index (Phi) is 3.18. The maximum absolute atomic E-state index is 13.0. The number of aryl methyl sites for hydroxylation is 1. The standard InChI is InChI=1S/C16H14FNOS/c1-10-7-12-8-15(11-3-5-13(17)6-4-11)19-16(12)9-14(10)18(2)20/h3-9,20H,1-2H3. The van der Waals surface area contributed by atoms with E-state index in [0.717, 1.165) is 33.5 Å². The highest BCUT2D eigenvalue weighted by Gasteiger charge is 2.10. The summed E-state index contributed by atoms with van der Waals surface area (Å²) in [5, 5.41) is 1.03. The molecule has 0 saturated carbocycles. The van der Waals surface area contributed by atoms with Gasteiger partial charge in [0.25, 0.3) is 0 Å². The highest BCUT2D eigenvalue weighted by molar-refractivity contribution is 7.81. The molecule has 0 amide bonds. The molecule has 0 aliphatic carbocycles. The lowest BCUT2D eigenvalue weighted by Crippen LogP contribution is -2.02. The van der Waals surface area contributed by atoms with E-state index in [-0.39, 0.29) is 5.82 Å². The first-order valence-corrected chi connectivity index (χ1v) is 6.67. The Hall–Kier alpha value is -1.94. The fourth-order valence-corrected chi connectivity index (χ4v) is 2.51. The molecule has 1 heterocycles. The second-order valence-corrected chi connectivity index (χ2v) is 5.42. The molecule has 0 atom stereocenters. The molecule has 0 bridgehead atoms. The van der Waals surface area contributed by atoms with Crippen LogP contribution in [0, 0.1) is 12.7 Å². The summed E-state index contributed by atoms with van der Waals surface area (Å²) in [5.41, 5.74) is 3.79. The maximum atomic E-state index is 13.0. The van der Waals surface area contributed by atoms with Crippen LogP contribution < -0.4 is 4.31 Å². The van der Waals surface area contributed by atoms with E-state index in [1.165, 1.54) is 12.1 Å². The van der Waals surface area contributed by atoms with Crippen molar-refractivity contribution >= 4 is 29.5 Å². The van der Waals surface area contributed by atoms with Gasteiger partial charge in [-0.3, -0.25) is 0 Å². The number of hydrogen-bond donors (Lipinski definition) is 1. The summed E-state index contributed by atoms with van der Waals surface area (Å²) in [4.78, 5) is 0. The Morgan fingerprint density at radius 1 is 1.10 bits per heavy atom. The Labute approximate surface area is 122 Å². The predicted octanol–water partition coefficient (Wildman–Crippen LogP) is 4.83. The van der Waals surface area contributed by atoms with Gasteiger partial charge >= 0.3 is 0 Å². The first kappa shape index (κ1) is 13.1. The van der Waals surface area contributed by atoms with Gasteiger partial charge in [-0.15, -0.1) is 0 Å². The summed E-state index contributed by atoms with van der Waals surface area (Å²) in [7, 11) is 1.88. The third-order valence-electron chi connectivity index (χ3n) is 3.31. The van der Waals surface area contributed by atoms with Crippen molar-refractivity contribution in [2.45, 2.75) is 6.92 Å².